The van der Waals surface area contributed by atoms with E-state index < -0.39 is 10.0 Å². The first-order chi connectivity index (χ1) is 12.8. The molecule has 0 unspecified atom stereocenters. The zero-order chi connectivity index (χ0) is 19.6. The lowest BCUT2D eigenvalue weighted by molar-refractivity contribution is -0.117. The fourth-order valence-electron chi connectivity index (χ4n) is 3.29. The molecule has 0 bridgehead atoms. The number of carbonyl (C=O) groups excluding carboxylic acids is 1. The van der Waals surface area contributed by atoms with Gasteiger partial charge in [0.05, 0.1) is 12.8 Å². The molecule has 27 heavy (non-hydrogen) atoms. The minimum atomic E-state index is -3.48. The van der Waals surface area contributed by atoms with Crippen LogP contribution in [-0.4, -0.2) is 36.9 Å². The maximum atomic E-state index is 12.4. The van der Waals surface area contributed by atoms with Crippen molar-refractivity contribution in [1.82, 2.24) is 9.78 Å². The van der Waals surface area contributed by atoms with Crippen LogP contribution in [0.1, 0.15) is 37.4 Å². The van der Waals surface area contributed by atoms with E-state index in [9.17, 15) is 13.2 Å². The van der Waals surface area contributed by atoms with E-state index in [1.54, 1.807) is 11.0 Å². The molecule has 0 radical (unpaired) electrons. The molecule has 2 aromatic rings. The van der Waals surface area contributed by atoms with Gasteiger partial charge in [-0.3, -0.25) is 9.48 Å². The number of nitrogens with zero attached hydrogens (tertiary/aromatic N) is 4. The lowest BCUT2D eigenvalue weighted by Crippen LogP contribution is -2.30. The number of sulfonamides is 1. The number of hydrogen-bond acceptors (Lipinski definition) is 4. The molecule has 1 aliphatic rings. The smallest absolute Gasteiger partial charge is 0.233 e. The van der Waals surface area contributed by atoms with Gasteiger partial charge in [-0.05, 0) is 37.5 Å². The summed E-state index contributed by atoms with van der Waals surface area (Å²) in [5.41, 5.74) is 2.64. The number of amides is 1. The molecule has 0 spiro atoms. The maximum absolute atomic E-state index is 12.4. The molecule has 0 aliphatic carbocycles. The second-order valence-corrected chi connectivity index (χ2v) is 8.86. The Morgan fingerprint density at radius 2 is 1.93 bits per heavy atom. The molecule has 1 aromatic heterocycles. The van der Waals surface area contributed by atoms with Crippen molar-refractivity contribution < 1.29 is 13.2 Å². The van der Waals surface area contributed by atoms with Crippen molar-refractivity contribution in [3.05, 3.63) is 41.6 Å². The van der Waals surface area contributed by atoms with E-state index in [2.05, 4.69) is 12.0 Å². The molecular weight excluding hydrogens is 364 g/mol. The summed E-state index contributed by atoms with van der Waals surface area (Å²) in [4.78, 5) is 13.6. The number of benzene rings is 1. The Labute approximate surface area is 160 Å². The summed E-state index contributed by atoms with van der Waals surface area (Å²) in [6, 6.07) is 9.29. The van der Waals surface area contributed by atoms with E-state index in [-0.39, 0.29) is 12.5 Å². The second kappa shape index (κ2) is 7.72. The molecule has 0 atom stereocenters. The summed E-state index contributed by atoms with van der Waals surface area (Å²) < 4.78 is 27.9. The van der Waals surface area contributed by atoms with Gasteiger partial charge in [0.2, 0.25) is 15.9 Å². The van der Waals surface area contributed by atoms with Crippen LogP contribution >= 0.6 is 0 Å². The minimum absolute atomic E-state index is 0.137. The number of rotatable bonds is 7. The average Bonchev–Trinajstić information content (AvgIpc) is 3.19. The van der Waals surface area contributed by atoms with Crippen molar-refractivity contribution in [3.8, 4) is 0 Å². The van der Waals surface area contributed by atoms with Crippen LogP contribution in [0.25, 0.3) is 0 Å². The average molecular weight is 391 g/mol. The van der Waals surface area contributed by atoms with Gasteiger partial charge in [0.15, 0.2) is 5.82 Å². The van der Waals surface area contributed by atoms with Gasteiger partial charge in [0.1, 0.15) is 0 Å². The molecule has 1 fully saturated rings. The summed E-state index contributed by atoms with van der Waals surface area (Å²) in [7, 11) is -3.48. The van der Waals surface area contributed by atoms with Gasteiger partial charge in [-0.1, -0.05) is 19.1 Å². The first-order valence-corrected chi connectivity index (χ1v) is 11.1. The summed E-state index contributed by atoms with van der Waals surface area (Å²) in [6.45, 7) is 5.68. The molecule has 2 heterocycles. The van der Waals surface area contributed by atoms with Crippen molar-refractivity contribution >= 4 is 27.4 Å². The number of aromatic nitrogens is 2. The first-order valence-electron chi connectivity index (χ1n) is 9.21. The fraction of sp³-hybridized carbons (Fsp3) is 0.474. The standard InChI is InChI=1S/C19H26N4O3S/c1-4-11-22-15(2)13-18(20-22)23(27(3,25)26)14-16-7-9-17(10-8-16)21-12-5-6-19(21)24/h7-10,13H,4-6,11-12,14H2,1-3H3. The van der Waals surface area contributed by atoms with Crippen LogP contribution in [0.5, 0.6) is 0 Å². The van der Waals surface area contributed by atoms with Crippen LogP contribution in [0, 0.1) is 6.92 Å². The second-order valence-electron chi connectivity index (χ2n) is 6.95. The molecule has 3 rings (SSSR count). The molecule has 1 aromatic carbocycles. The predicted octanol–water partition coefficient (Wildman–Crippen LogP) is 2.69. The molecule has 146 valence electrons. The highest BCUT2D eigenvalue weighted by Crippen LogP contribution is 2.24. The molecule has 1 saturated heterocycles. The van der Waals surface area contributed by atoms with E-state index in [4.69, 9.17) is 0 Å². The Balaban J connectivity index is 1.83. The summed E-state index contributed by atoms with van der Waals surface area (Å²) in [5, 5.41) is 4.46. The van der Waals surface area contributed by atoms with Gasteiger partial charge in [-0.15, -0.1) is 0 Å². The molecule has 1 aliphatic heterocycles. The Bertz CT molecular complexity index is 919. The summed E-state index contributed by atoms with van der Waals surface area (Å²) in [6.07, 6.45) is 3.58. The highest BCUT2D eigenvalue weighted by Gasteiger charge is 2.23. The van der Waals surface area contributed by atoms with Crippen molar-refractivity contribution in [2.45, 2.75) is 46.2 Å². The van der Waals surface area contributed by atoms with E-state index >= 15 is 0 Å². The van der Waals surface area contributed by atoms with Crippen LogP contribution in [0.3, 0.4) is 0 Å². The van der Waals surface area contributed by atoms with Crippen molar-refractivity contribution in [1.29, 1.82) is 0 Å². The summed E-state index contributed by atoms with van der Waals surface area (Å²) in [5.74, 6) is 0.569. The van der Waals surface area contributed by atoms with Crippen LogP contribution in [-0.2, 0) is 27.9 Å². The third-order valence-corrected chi connectivity index (χ3v) is 5.82. The van der Waals surface area contributed by atoms with E-state index in [1.165, 1.54) is 10.6 Å². The predicted molar refractivity (Wildman–Crippen MR) is 106 cm³/mol. The number of carbonyl (C=O) groups is 1. The first kappa shape index (κ1) is 19.4. The number of anilines is 2. The quantitative estimate of drug-likeness (QED) is 0.728. The highest BCUT2D eigenvalue weighted by atomic mass is 32.2. The van der Waals surface area contributed by atoms with Gasteiger partial charge in [0, 0.05) is 37.0 Å². The normalized spacial score (nSPS) is 14.8. The molecule has 8 heteroatoms. The molecule has 1 amide bonds. The van der Waals surface area contributed by atoms with Crippen LogP contribution in [0.15, 0.2) is 30.3 Å². The molecule has 0 N–H and O–H groups in total. The molecule has 0 saturated carbocycles. The minimum Gasteiger partial charge on any atom is -0.312 e. The molecular formula is C19H26N4O3S. The zero-order valence-electron chi connectivity index (χ0n) is 16.1. The van der Waals surface area contributed by atoms with Crippen LogP contribution < -0.4 is 9.21 Å². The topological polar surface area (TPSA) is 75.5 Å². The van der Waals surface area contributed by atoms with Crippen molar-refractivity contribution in [3.63, 3.8) is 0 Å². The van der Waals surface area contributed by atoms with Gasteiger partial charge in [-0.2, -0.15) is 5.10 Å². The monoisotopic (exact) mass is 390 g/mol. The molecule has 7 nitrogen and oxygen atoms in total. The fourth-order valence-corrected chi connectivity index (χ4v) is 4.10. The Morgan fingerprint density at radius 1 is 1.22 bits per heavy atom. The van der Waals surface area contributed by atoms with Crippen molar-refractivity contribution in [2.24, 2.45) is 0 Å². The maximum Gasteiger partial charge on any atom is 0.233 e. The zero-order valence-corrected chi connectivity index (χ0v) is 16.9. The lowest BCUT2D eigenvalue weighted by Gasteiger charge is -2.21. The van der Waals surface area contributed by atoms with Gasteiger partial charge >= 0.3 is 0 Å². The summed E-state index contributed by atoms with van der Waals surface area (Å²) >= 11 is 0. The Morgan fingerprint density at radius 3 is 2.48 bits per heavy atom. The van der Waals surface area contributed by atoms with Gasteiger partial charge in [0.25, 0.3) is 0 Å². The Hall–Kier alpha value is -2.35. The van der Waals surface area contributed by atoms with Gasteiger partial charge in [-0.25, -0.2) is 12.7 Å². The van der Waals surface area contributed by atoms with Crippen molar-refractivity contribution in [2.75, 3.05) is 22.0 Å². The van der Waals surface area contributed by atoms with E-state index in [0.717, 1.165) is 42.9 Å². The third kappa shape index (κ3) is 4.32. The largest absolute Gasteiger partial charge is 0.312 e. The van der Waals surface area contributed by atoms with Gasteiger partial charge < -0.3 is 4.90 Å². The third-order valence-electron chi connectivity index (χ3n) is 4.71. The lowest BCUT2D eigenvalue weighted by atomic mass is 10.2. The van der Waals surface area contributed by atoms with Crippen LogP contribution in [0.2, 0.25) is 0 Å². The van der Waals surface area contributed by atoms with E-state index in [1.807, 2.05) is 35.9 Å². The highest BCUT2D eigenvalue weighted by molar-refractivity contribution is 7.92. The Kier molecular flexibility index (Phi) is 5.55. The van der Waals surface area contributed by atoms with E-state index in [0.29, 0.717) is 12.2 Å². The number of aryl methyl sites for hydroxylation is 2. The SMILES string of the molecule is CCCn1nc(N(Cc2ccc(N3CCCC3=O)cc2)S(C)(=O)=O)cc1C. The van der Waals surface area contributed by atoms with Crippen LogP contribution in [0.4, 0.5) is 11.5 Å². The number of hydrogen-bond donors (Lipinski definition) is 0.